The second kappa shape index (κ2) is 4.68. The van der Waals surface area contributed by atoms with Crippen LogP contribution in [0.25, 0.3) is 0 Å². The molecular weight excluding hydrogens is 202 g/mol. The molecule has 1 amide bonds. The van der Waals surface area contributed by atoms with Crippen LogP contribution in [0.15, 0.2) is 12.3 Å². The molecule has 1 fully saturated rings. The summed E-state index contributed by atoms with van der Waals surface area (Å²) >= 11 is 0. The highest BCUT2D eigenvalue weighted by Gasteiger charge is 2.33. The quantitative estimate of drug-likeness (QED) is 0.763. The molecule has 0 saturated heterocycles. The number of anilines is 1. The van der Waals surface area contributed by atoms with Gasteiger partial charge in [0.25, 0.3) is 0 Å². The van der Waals surface area contributed by atoms with E-state index in [0.717, 1.165) is 38.0 Å². The molecule has 4 nitrogen and oxygen atoms in total. The van der Waals surface area contributed by atoms with Crippen LogP contribution in [-0.4, -0.2) is 22.7 Å². The van der Waals surface area contributed by atoms with Crippen LogP contribution in [0.5, 0.6) is 0 Å². The van der Waals surface area contributed by atoms with E-state index in [0.29, 0.717) is 0 Å². The fourth-order valence-electron chi connectivity index (χ4n) is 1.69. The van der Waals surface area contributed by atoms with Crippen molar-refractivity contribution in [1.82, 2.24) is 9.78 Å². The molecule has 0 radical (unpaired) electrons. The highest BCUT2D eigenvalue weighted by atomic mass is 16.2. The second-order valence-electron chi connectivity index (χ2n) is 4.46. The second-order valence-corrected chi connectivity index (χ2v) is 4.46. The summed E-state index contributed by atoms with van der Waals surface area (Å²) in [6.45, 7) is 3.09. The van der Waals surface area contributed by atoms with E-state index < -0.39 is 0 Å². The summed E-state index contributed by atoms with van der Waals surface area (Å²) in [5.41, 5.74) is 0. The molecule has 2 rings (SSSR count). The van der Waals surface area contributed by atoms with Crippen molar-refractivity contribution >= 4 is 11.7 Å². The van der Waals surface area contributed by atoms with Crippen LogP contribution in [0.3, 0.4) is 0 Å². The molecule has 0 bridgehead atoms. The molecule has 16 heavy (non-hydrogen) atoms. The van der Waals surface area contributed by atoms with Gasteiger partial charge in [-0.25, -0.2) is 0 Å². The Balaban J connectivity index is 1.97. The molecule has 1 saturated carbocycles. The maximum absolute atomic E-state index is 11.8. The number of unbranched alkanes of at least 4 members (excludes halogenated alkanes) is 1. The molecule has 1 aliphatic rings. The van der Waals surface area contributed by atoms with Crippen molar-refractivity contribution in [2.45, 2.75) is 39.2 Å². The zero-order valence-corrected chi connectivity index (χ0v) is 10.0. The fourth-order valence-corrected chi connectivity index (χ4v) is 1.69. The highest BCUT2D eigenvalue weighted by molar-refractivity contribution is 5.95. The zero-order chi connectivity index (χ0) is 11.5. The summed E-state index contributed by atoms with van der Waals surface area (Å²) in [4.78, 5) is 13.5. The third kappa shape index (κ3) is 2.43. The summed E-state index contributed by atoms with van der Waals surface area (Å²) in [7, 11) is 1.81. The summed E-state index contributed by atoms with van der Waals surface area (Å²) in [5, 5.41) is 4.40. The normalized spacial score (nSPS) is 15.1. The highest BCUT2D eigenvalue weighted by Crippen LogP contribution is 2.31. The maximum Gasteiger partial charge on any atom is 0.231 e. The number of nitrogens with zero attached hydrogens (tertiary/aromatic N) is 3. The summed E-state index contributed by atoms with van der Waals surface area (Å²) < 4.78 is 1.91. The average Bonchev–Trinajstić information content (AvgIpc) is 3.04. The van der Waals surface area contributed by atoms with E-state index in [9.17, 15) is 4.79 Å². The van der Waals surface area contributed by atoms with Gasteiger partial charge in [0.15, 0.2) is 5.82 Å². The molecule has 88 valence electrons. The number of hydrogen-bond donors (Lipinski definition) is 0. The standard InChI is InChI=1S/C12H19N3O/c1-3-4-8-15-9-7-11(13-15)14(2)12(16)10-5-6-10/h7,9-10H,3-6,8H2,1-2H3. The Bertz CT molecular complexity index is 368. The van der Waals surface area contributed by atoms with Crippen molar-refractivity contribution in [2.75, 3.05) is 11.9 Å². The van der Waals surface area contributed by atoms with Gasteiger partial charge in [0, 0.05) is 31.8 Å². The van der Waals surface area contributed by atoms with Crippen LogP contribution in [0.1, 0.15) is 32.6 Å². The lowest BCUT2D eigenvalue weighted by molar-refractivity contribution is -0.119. The summed E-state index contributed by atoms with van der Waals surface area (Å²) in [6, 6.07) is 1.91. The molecule has 0 aliphatic heterocycles. The molecular formula is C12H19N3O. The molecule has 0 spiro atoms. The predicted molar refractivity (Wildman–Crippen MR) is 63.3 cm³/mol. The van der Waals surface area contributed by atoms with Gasteiger partial charge in [-0.15, -0.1) is 0 Å². The largest absolute Gasteiger partial charge is 0.298 e. The van der Waals surface area contributed by atoms with Gasteiger partial charge in [-0.2, -0.15) is 5.10 Å². The number of carbonyl (C=O) groups is 1. The Hall–Kier alpha value is -1.32. The van der Waals surface area contributed by atoms with E-state index in [1.54, 1.807) is 4.90 Å². The van der Waals surface area contributed by atoms with Crippen LogP contribution >= 0.6 is 0 Å². The average molecular weight is 221 g/mol. The summed E-state index contributed by atoms with van der Waals surface area (Å²) in [5.74, 6) is 1.24. The van der Waals surface area contributed by atoms with Crippen LogP contribution in [0.4, 0.5) is 5.82 Å². The van der Waals surface area contributed by atoms with Crippen molar-refractivity contribution in [3.63, 3.8) is 0 Å². The van der Waals surface area contributed by atoms with Crippen LogP contribution in [-0.2, 0) is 11.3 Å². The van der Waals surface area contributed by atoms with E-state index in [2.05, 4.69) is 12.0 Å². The maximum atomic E-state index is 11.8. The van der Waals surface area contributed by atoms with Gasteiger partial charge in [-0.1, -0.05) is 13.3 Å². The molecule has 4 heteroatoms. The van der Waals surface area contributed by atoms with E-state index >= 15 is 0 Å². The van der Waals surface area contributed by atoms with Gasteiger partial charge in [0.1, 0.15) is 0 Å². The molecule has 0 unspecified atom stereocenters. The lowest BCUT2D eigenvalue weighted by Gasteiger charge is -2.13. The minimum absolute atomic E-state index is 0.209. The van der Waals surface area contributed by atoms with Crippen molar-refractivity contribution in [3.05, 3.63) is 12.3 Å². The lowest BCUT2D eigenvalue weighted by atomic mass is 10.3. The van der Waals surface area contributed by atoms with Gasteiger partial charge in [-0.05, 0) is 19.3 Å². The van der Waals surface area contributed by atoms with E-state index in [1.165, 1.54) is 0 Å². The molecule has 1 aromatic heterocycles. The van der Waals surface area contributed by atoms with Crippen molar-refractivity contribution < 1.29 is 4.79 Å². The Morgan fingerprint density at radius 2 is 2.38 bits per heavy atom. The minimum Gasteiger partial charge on any atom is -0.298 e. The van der Waals surface area contributed by atoms with Crippen molar-refractivity contribution in [1.29, 1.82) is 0 Å². The Labute approximate surface area is 96.2 Å². The molecule has 0 atom stereocenters. The third-order valence-corrected chi connectivity index (χ3v) is 2.97. The molecule has 1 aliphatic carbocycles. The SMILES string of the molecule is CCCCn1ccc(N(C)C(=O)C2CC2)n1. The monoisotopic (exact) mass is 221 g/mol. The van der Waals surface area contributed by atoms with E-state index in [-0.39, 0.29) is 11.8 Å². The first kappa shape index (κ1) is 11.2. The molecule has 0 aromatic carbocycles. The number of rotatable bonds is 5. The van der Waals surface area contributed by atoms with Crippen molar-refractivity contribution in [2.24, 2.45) is 5.92 Å². The smallest absolute Gasteiger partial charge is 0.231 e. The van der Waals surface area contributed by atoms with Gasteiger partial charge in [0.05, 0.1) is 0 Å². The molecule has 0 N–H and O–H groups in total. The third-order valence-electron chi connectivity index (χ3n) is 2.97. The number of aromatic nitrogens is 2. The fraction of sp³-hybridized carbons (Fsp3) is 0.667. The van der Waals surface area contributed by atoms with Gasteiger partial charge in [0.2, 0.25) is 5.91 Å². The number of amides is 1. The Morgan fingerprint density at radius 3 is 3.00 bits per heavy atom. The Morgan fingerprint density at radius 1 is 1.62 bits per heavy atom. The van der Waals surface area contributed by atoms with Gasteiger partial charge >= 0.3 is 0 Å². The van der Waals surface area contributed by atoms with Crippen LogP contribution in [0, 0.1) is 5.92 Å². The van der Waals surface area contributed by atoms with E-state index in [4.69, 9.17) is 0 Å². The predicted octanol–water partition coefficient (Wildman–Crippen LogP) is 2.06. The van der Waals surface area contributed by atoms with Crippen LogP contribution in [0.2, 0.25) is 0 Å². The van der Waals surface area contributed by atoms with E-state index in [1.807, 2.05) is 24.0 Å². The van der Waals surface area contributed by atoms with Gasteiger partial charge < -0.3 is 0 Å². The zero-order valence-electron chi connectivity index (χ0n) is 10.0. The van der Waals surface area contributed by atoms with Gasteiger partial charge in [-0.3, -0.25) is 14.4 Å². The number of hydrogen-bond acceptors (Lipinski definition) is 2. The first-order valence-electron chi connectivity index (χ1n) is 6.03. The number of carbonyl (C=O) groups excluding carboxylic acids is 1. The Kier molecular flexibility index (Phi) is 3.27. The first-order chi connectivity index (χ1) is 7.72. The topological polar surface area (TPSA) is 38.1 Å². The number of aryl methyl sites for hydroxylation is 1. The minimum atomic E-state index is 0.209. The molecule has 1 aromatic rings. The van der Waals surface area contributed by atoms with Crippen molar-refractivity contribution in [3.8, 4) is 0 Å². The first-order valence-corrected chi connectivity index (χ1v) is 6.03. The summed E-state index contributed by atoms with van der Waals surface area (Å²) in [6.07, 6.45) is 6.31. The van der Waals surface area contributed by atoms with Crippen LogP contribution < -0.4 is 4.90 Å². The lowest BCUT2D eigenvalue weighted by Crippen LogP contribution is -2.28. The molecule has 1 heterocycles.